The zero-order valence-corrected chi connectivity index (χ0v) is 31.6. The summed E-state index contributed by atoms with van der Waals surface area (Å²) in [4.78, 5) is 41.4. The predicted molar refractivity (Wildman–Crippen MR) is 211 cm³/mol. The lowest BCUT2D eigenvalue weighted by Gasteiger charge is -2.45. The van der Waals surface area contributed by atoms with Gasteiger partial charge in [-0.3, -0.25) is 19.6 Å². The van der Waals surface area contributed by atoms with E-state index in [1.165, 1.54) is 0 Å². The summed E-state index contributed by atoms with van der Waals surface area (Å²) in [7, 11) is 0. The molecule has 3 atom stereocenters. The molecule has 3 amide bonds. The quantitative estimate of drug-likeness (QED) is 0.0637. The number of ether oxygens (including phenoxy) is 2. The predicted octanol–water partition coefficient (Wildman–Crippen LogP) is 5.50. The fourth-order valence-corrected chi connectivity index (χ4v) is 8.07. The summed E-state index contributed by atoms with van der Waals surface area (Å²) >= 11 is 0. The third-order valence-electron chi connectivity index (χ3n) is 11.3. The maximum atomic E-state index is 13.3. The van der Waals surface area contributed by atoms with E-state index in [0.29, 0.717) is 38.9 Å². The number of hydroxylamine groups is 1. The van der Waals surface area contributed by atoms with Gasteiger partial charge in [-0.05, 0) is 71.7 Å². The standard InChI is InChI=1S/C44H51N5O7/c50-29-31-13-15-34(16-14-31)39-26-38(28-48-23-21-44(22-24-48)43(53)46-30-49(44)37-9-2-1-3-10-37)55-42(56-39)35-19-17-33(18-20-35)36-8-6-7-32(25-36)27-45-40(51)11-4-5-12-41(52)47-54/h1-3,6-10,13-20,25,38-39,42,50,54H,4-5,11-12,21-24,26-30H2,(H,45,51)(H,46,53)(H,47,52). The summed E-state index contributed by atoms with van der Waals surface area (Å²) in [5, 5.41) is 24.3. The molecule has 3 unspecified atom stereocenters. The molecule has 1 spiro atoms. The summed E-state index contributed by atoms with van der Waals surface area (Å²) in [6.07, 6.45) is 2.81. The topological polar surface area (TPSA) is 153 Å². The Morgan fingerprint density at radius 3 is 2.23 bits per heavy atom. The van der Waals surface area contributed by atoms with Crippen molar-refractivity contribution in [2.75, 3.05) is 31.2 Å². The lowest BCUT2D eigenvalue weighted by molar-refractivity contribution is -0.253. The van der Waals surface area contributed by atoms with Crippen molar-refractivity contribution in [2.24, 2.45) is 0 Å². The normalized spacial score (nSPS) is 20.8. The summed E-state index contributed by atoms with van der Waals surface area (Å²) in [5.41, 5.74) is 7.93. The van der Waals surface area contributed by atoms with Gasteiger partial charge in [-0.1, -0.05) is 84.9 Å². The molecular formula is C44H51N5O7. The van der Waals surface area contributed by atoms with Crippen LogP contribution in [0.15, 0.2) is 103 Å². The third kappa shape index (κ3) is 9.29. The maximum absolute atomic E-state index is 13.3. The second kappa shape index (κ2) is 18.2. The van der Waals surface area contributed by atoms with E-state index in [4.69, 9.17) is 14.7 Å². The van der Waals surface area contributed by atoms with E-state index in [1.54, 1.807) is 5.48 Å². The van der Waals surface area contributed by atoms with Crippen molar-refractivity contribution in [1.82, 2.24) is 21.0 Å². The van der Waals surface area contributed by atoms with Crippen LogP contribution in [-0.2, 0) is 37.0 Å². The van der Waals surface area contributed by atoms with Gasteiger partial charge in [0, 0.05) is 56.7 Å². The average molecular weight is 762 g/mol. The second-order valence-electron chi connectivity index (χ2n) is 15.0. The molecule has 3 heterocycles. The minimum absolute atomic E-state index is 0.0186. The number of para-hydroxylation sites is 1. The Hall–Kier alpha value is -5.11. The Bertz CT molecular complexity index is 1930. The number of nitrogens with one attached hydrogen (secondary N) is 3. The molecule has 56 heavy (non-hydrogen) atoms. The number of aliphatic hydroxyl groups excluding tert-OH is 1. The van der Waals surface area contributed by atoms with Crippen molar-refractivity contribution in [3.05, 3.63) is 125 Å². The van der Waals surface area contributed by atoms with E-state index >= 15 is 0 Å². The van der Waals surface area contributed by atoms with Gasteiger partial charge < -0.3 is 35.0 Å². The van der Waals surface area contributed by atoms with Crippen molar-refractivity contribution in [1.29, 1.82) is 0 Å². The maximum Gasteiger partial charge on any atom is 0.247 e. The van der Waals surface area contributed by atoms with E-state index < -0.39 is 17.7 Å². The van der Waals surface area contributed by atoms with Gasteiger partial charge in [0.2, 0.25) is 17.7 Å². The molecule has 4 aromatic carbocycles. The number of carbonyl (C=O) groups excluding carboxylic acids is 3. The molecule has 12 heteroatoms. The number of anilines is 1. The number of aliphatic hydroxyl groups is 1. The number of unbranched alkanes of at least 4 members (excludes halogenated alkanes) is 1. The molecule has 0 saturated carbocycles. The molecule has 12 nitrogen and oxygen atoms in total. The monoisotopic (exact) mass is 761 g/mol. The highest BCUT2D eigenvalue weighted by atomic mass is 16.7. The zero-order valence-electron chi connectivity index (χ0n) is 31.6. The highest BCUT2D eigenvalue weighted by Crippen LogP contribution is 2.40. The first-order valence-electron chi connectivity index (χ1n) is 19.6. The van der Waals surface area contributed by atoms with Crippen LogP contribution in [0, 0.1) is 0 Å². The number of piperidine rings is 1. The molecule has 0 aromatic heterocycles. The van der Waals surface area contributed by atoms with E-state index in [9.17, 15) is 19.5 Å². The summed E-state index contributed by atoms with van der Waals surface area (Å²) in [6, 6.07) is 34.3. The van der Waals surface area contributed by atoms with Gasteiger partial charge >= 0.3 is 0 Å². The number of benzene rings is 4. The number of amides is 3. The highest BCUT2D eigenvalue weighted by Gasteiger charge is 2.50. The molecule has 3 fully saturated rings. The van der Waals surface area contributed by atoms with Crippen LogP contribution in [0.25, 0.3) is 11.1 Å². The fourth-order valence-electron chi connectivity index (χ4n) is 8.07. The molecule has 3 saturated heterocycles. The first kappa shape index (κ1) is 39.1. The van der Waals surface area contributed by atoms with E-state index in [-0.39, 0.29) is 37.0 Å². The molecule has 294 valence electrons. The Morgan fingerprint density at radius 1 is 0.804 bits per heavy atom. The number of hydrogen-bond donors (Lipinski definition) is 5. The number of hydrogen-bond acceptors (Lipinski definition) is 9. The van der Waals surface area contributed by atoms with Gasteiger partial charge in [-0.2, -0.15) is 0 Å². The van der Waals surface area contributed by atoms with Gasteiger partial charge in [0.15, 0.2) is 6.29 Å². The highest BCUT2D eigenvalue weighted by molar-refractivity contribution is 5.93. The van der Waals surface area contributed by atoms with Crippen LogP contribution in [0.3, 0.4) is 0 Å². The van der Waals surface area contributed by atoms with Gasteiger partial charge in [-0.25, -0.2) is 5.48 Å². The van der Waals surface area contributed by atoms with Crippen LogP contribution in [0.2, 0.25) is 0 Å². The molecule has 0 aliphatic carbocycles. The molecule has 4 aromatic rings. The molecule has 0 bridgehead atoms. The van der Waals surface area contributed by atoms with E-state index in [1.807, 2.05) is 72.8 Å². The van der Waals surface area contributed by atoms with E-state index in [2.05, 4.69) is 50.8 Å². The van der Waals surface area contributed by atoms with Crippen molar-refractivity contribution in [3.63, 3.8) is 0 Å². The Balaban J connectivity index is 0.998. The SMILES string of the molecule is O=C(CCCCC(=O)NCc1cccc(-c2ccc(C3OC(CN4CCC5(CC4)C(=O)NCN5c4ccccc4)CC(c4ccc(CO)cc4)O3)cc2)c1)NO. The van der Waals surface area contributed by atoms with Gasteiger partial charge in [0.05, 0.1) is 25.5 Å². The van der Waals surface area contributed by atoms with Crippen molar-refractivity contribution in [2.45, 2.75) is 82.1 Å². The van der Waals surface area contributed by atoms with Crippen molar-refractivity contribution in [3.8, 4) is 11.1 Å². The average Bonchev–Trinajstić information content (AvgIpc) is 3.56. The fraction of sp³-hybridized carbons (Fsp3) is 0.386. The van der Waals surface area contributed by atoms with Crippen molar-refractivity contribution >= 4 is 23.4 Å². The Kier molecular flexibility index (Phi) is 12.7. The first-order chi connectivity index (χ1) is 27.3. The molecule has 3 aliphatic rings. The third-order valence-corrected chi connectivity index (χ3v) is 11.3. The molecule has 0 radical (unpaired) electrons. The van der Waals surface area contributed by atoms with Gasteiger partial charge in [-0.15, -0.1) is 0 Å². The lowest BCUT2D eigenvalue weighted by Crippen LogP contribution is -2.57. The summed E-state index contributed by atoms with van der Waals surface area (Å²) < 4.78 is 13.3. The van der Waals surface area contributed by atoms with Crippen LogP contribution in [0.4, 0.5) is 5.69 Å². The van der Waals surface area contributed by atoms with Crippen molar-refractivity contribution < 1.29 is 34.2 Å². The van der Waals surface area contributed by atoms with Crippen LogP contribution in [-0.4, -0.2) is 70.9 Å². The number of likely N-dealkylation sites (tertiary alicyclic amines) is 1. The molecule has 3 aliphatic heterocycles. The smallest absolute Gasteiger partial charge is 0.247 e. The Morgan fingerprint density at radius 2 is 1.52 bits per heavy atom. The van der Waals surface area contributed by atoms with Crippen LogP contribution in [0.5, 0.6) is 0 Å². The van der Waals surface area contributed by atoms with Crippen LogP contribution in [0.1, 0.15) is 79.6 Å². The largest absolute Gasteiger partial charge is 0.392 e. The molecule has 5 N–H and O–H groups in total. The molecule has 7 rings (SSSR count). The van der Waals surface area contributed by atoms with Crippen LogP contribution >= 0.6 is 0 Å². The minimum atomic E-state index is -0.588. The molecular weight excluding hydrogens is 711 g/mol. The zero-order chi connectivity index (χ0) is 38.9. The van der Waals surface area contributed by atoms with Gasteiger partial charge in [0.1, 0.15) is 5.54 Å². The minimum Gasteiger partial charge on any atom is -0.392 e. The Labute approximate surface area is 327 Å². The summed E-state index contributed by atoms with van der Waals surface area (Å²) in [6.45, 7) is 3.17. The number of rotatable bonds is 14. The van der Waals surface area contributed by atoms with E-state index in [0.717, 1.165) is 71.5 Å². The number of nitrogens with zero attached hydrogens (tertiary/aromatic N) is 2. The second-order valence-corrected chi connectivity index (χ2v) is 15.0. The van der Waals surface area contributed by atoms with Gasteiger partial charge in [0.25, 0.3) is 0 Å². The van der Waals surface area contributed by atoms with Crippen LogP contribution < -0.4 is 21.0 Å². The lowest BCUT2D eigenvalue weighted by atomic mass is 9.85. The summed E-state index contributed by atoms with van der Waals surface area (Å²) in [5.74, 6) is -0.433. The number of carbonyl (C=O) groups is 3. The first-order valence-corrected chi connectivity index (χ1v) is 19.6.